The summed E-state index contributed by atoms with van der Waals surface area (Å²) in [6.07, 6.45) is 0. The van der Waals surface area contributed by atoms with Crippen LogP contribution in [-0.4, -0.2) is 24.4 Å². The highest BCUT2D eigenvalue weighted by Crippen LogP contribution is 1.93. The fourth-order valence-electron chi connectivity index (χ4n) is 0.468. The quantitative estimate of drug-likeness (QED) is 0.322. The minimum atomic E-state index is -4.15. The number of hydrogen-bond donors (Lipinski definition) is 4. The van der Waals surface area contributed by atoms with Gasteiger partial charge in [0.1, 0.15) is 0 Å². The van der Waals surface area contributed by atoms with Crippen molar-refractivity contribution in [1.82, 2.24) is 10.7 Å². The zero-order chi connectivity index (χ0) is 7.78. The smallest absolute Gasteiger partial charge is 0.307 e. The van der Waals surface area contributed by atoms with Gasteiger partial charge in [0, 0.05) is 0 Å². The van der Waals surface area contributed by atoms with Gasteiger partial charge in [0.2, 0.25) is 11.5 Å². The molecule has 8 heteroatoms. The van der Waals surface area contributed by atoms with E-state index in [9.17, 15) is 8.42 Å². The Morgan fingerprint density at radius 1 is 1.70 bits per heavy atom. The van der Waals surface area contributed by atoms with Crippen LogP contribution in [0, 0.1) is 0 Å². The molecule has 10 heavy (non-hydrogen) atoms. The Bertz CT molecular complexity index is 256. The molecule has 0 fully saturated rings. The van der Waals surface area contributed by atoms with Crippen molar-refractivity contribution in [3.8, 4) is 0 Å². The Labute approximate surface area is 57.0 Å². The molecular weight excluding hydrogens is 160 g/mol. The Hall–Kier alpha value is -1.02. The van der Waals surface area contributed by atoms with Gasteiger partial charge in [-0.05, 0) is 0 Å². The molecule has 1 unspecified atom stereocenters. The maximum atomic E-state index is 10.3. The van der Waals surface area contributed by atoms with Crippen LogP contribution in [0.1, 0.15) is 0 Å². The molecule has 0 aromatic rings. The van der Waals surface area contributed by atoms with Crippen LogP contribution >= 0.6 is 0 Å². The topological polar surface area (TPSA) is 117 Å². The van der Waals surface area contributed by atoms with Crippen LogP contribution < -0.4 is 16.5 Å². The van der Waals surface area contributed by atoms with E-state index in [2.05, 4.69) is 15.8 Å². The summed E-state index contributed by atoms with van der Waals surface area (Å²) >= 11 is 0. The number of hydrazone groups is 1. The molecule has 1 heterocycles. The summed E-state index contributed by atoms with van der Waals surface area (Å²) in [5.41, 5.74) is 5.77. The third kappa shape index (κ3) is 1.28. The second kappa shape index (κ2) is 1.99. The first kappa shape index (κ1) is 7.09. The van der Waals surface area contributed by atoms with Gasteiger partial charge in [-0.15, -0.1) is 5.10 Å². The predicted molar refractivity (Wildman–Crippen MR) is 33.2 cm³/mol. The lowest BCUT2D eigenvalue weighted by atomic mass is 11.0. The summed E-state index contributed by atoms with van der Waals surface area (Å²) in [6.45, 7) is 0. The summed E-state index contributed by atoms with van der Waals surface area (Å²) in [7, 11) is -4.15. The third-order valence-electron chi connectivity index (χ3n) is 0.879. The van der Waals surface area contributed by atoms with Crippen LogP contribution in [0.25, 0.3) is 0 Å². The van der Waals surface area contributed by atoms with Crippen LogP contribution in [0.15, 0.2) is 5.10 Å². The van der Waals surface area contributed by atoms with Crippen LogP contribution in [0.4, 0.5) is 0 Å². The Kier molecular flexibility index (Phi) is 1.41. The second-order valence-electron chi connectivity index (χ2n) is 1.67. The first-order valence-electron chi connectivity index (χ1n) is 2.31. The maximum absolute atomic E-state index is 10.3. The number of guanidine groups is 1. The van der Waals surface area contributed by atoms with Crippen LogP contribution in [0.5, 0.6) is 0 Å². The Morgan fingerprint density at radius 2 is 2.30 bits per heavy atom. The van der Waals surface area contributed by atoms with Crippen molar-refractivity contribution < 1.29 is 13.0 Å². The number of nitrogens with two attached hydrogens (primary N) is 1. The molecule has 0 aromatic carbocycles. The van der Waals surface area contributed by atoms with Gasteiger partial charge in [0.05, 0.1) is 0 Å². The van der Waals surface area contributed by atoms with E-state index in [0.717, 1.165) is 0 Å². The van der Waals surface area contributed by atoms with Crippen LogP contribution in [-0.2, 0) is 10.1 Å². The second-order valence-corrected chi connectivity index (χ2v) is 3.17. The normalized spacial score (nSPS) is 24.9. The maximum Gasteiger partial charge on any atom is 0.307 e. The molecule has 7 nitrogen and oxygen atoms in total. The van der Waals surface area contributed by atoms with Crippen LogP contribution in [0.3, 0.4) is 0 Å². The molecule has 5 N–H and O–H groups in total. The fourth-order valence-corrected chi connectivity index (χ4v) is 0.924. The molecule has 0 aromatic heterocycles. The predicted octanol–water partition coefficient (Wildman–Crippen LogP) is -2.42. The molecule has 0 saturated carbocycles. The van der Waals surface area contributed by atoms with Crippen molar-refractivity contribution in [3.05, 3.63) is 0 Å². The van der Waals surface area contributed by atoms with E-state index in [1.54, 1.807) is 0 Å². The molecule has 1 aliphatic rings. The molecule has 1 rings (SSSR count). The van der Waals surface area contributed by atoms with Gasteiger partial charge in [0.15, 0.2) is 0 Å². The lowest BCUT2D eigenvalue weighted by Crippen LogP contribution is -2.43. The minimum absolute atomic E-state index is 0.0670. The molecule has 0 radical (unpaired) electrons. The van der Waals surface area contributed by atoms with E-state index in [0.29, 0.717) is 0 Å². The summed E-state index contributed by atoms with van der Waals surface area (Å²) in [4.78, 5) is 0. The lowest BCUT2D eigenvalue weighted by Gasteiger charge is -2.05. The number of nitrogens with zero attached hydrogens (tertiary/aromatic N) is 1. The van der Waals surface area contributed by atoms with Crippen molar-refractivity contribution in [2.45, 2.75) is 5.50 Å². The summed E-state index contributed by atoms with van der Waals surface area (Å²) < 4.78 is 28.9. The minimum Gasteiger partial charge on any atom is -0.368 e. The molecule has 0 amide bonds. The van der Waals surface area contributed by atoms with E-state index >= 15 is 0 Å². The van der Waals surface area contributed by atoms with Crippen molar-refractivity contribution in [2.75, 3.05) is 0 Å². The van der Waals surface area contributed by atoms with E-state index in [1.165, 1.54) is 0 Å². The summed E-state index contributed by atoms with van der Waals surface area (Å²) in [6, 6.07) is 0. The molecule has 1 atom stereocenters. The molecule has 0 bridgehead atoms. The number of nitrogens with one attached hydrogen (secondary N) is 2. The van der Waals surface area contributed by atoms with Gasteiger partial charge in [-0.25, -0.2) is 0 Å². The van der Waals surface area contributed by atoms with Gasteiger partial charge >= 0.3 is 10.1 Å². The number of hydrogen-bond acceptors (Lipinski definition) is 6. The average molecular weight is 166 g/mol. The molecule has 58 valence electrons. The largest absolute Gasteiger partial charge is 0.368 e. The van der Waals surface area contributed by atoms with E-state index in [1.807, 2.05) is 0 Å². The number of rotatable bonds is 1. The Balaban J connectivity index is 2.68. The standard InChI is InChI=1S/C2H6N4O3S/c3-1-4-2(6-5-1)10(7,8)9/h2,6H,(H3,3,4,5)(H,7,8,9). The summed E-state index contributed by atoms with van der Waals surface area (Å²) in [5.74, 6) is -0.0670. The molecule has 0 spiro atoms. The van der Waals surface area contributed by atoms with Gasteiger partial charge in [-0.1, -0.05) is 0 Å². The van der Waals surface area contributed by atoms with Gasteiger partial charge < -0.3 is 11.1 Å². The van der Waals surface area contributed by atoms with E-state index in [4.69, 9.17) is 10.3 Å². The third-order valence-corrected chi connectivity index (χ3v) is 1.70. The van der Waals surface area contributed by atoms with Gasteiger partial charge in [0.25, 0.3) is 0 Å². The molecule has 1 aliphatic heterocycles. The highest BCUT2D eigenvalue weighted by molar-refractivity contribution is 7.86. The summed E-state index contributed by atoms with van der Waals surface area (Å²) in [5, 5.41) is 5.45. The zero-order valence-electron chi connectivity index (χ0n) is 4.77. The van der Waals surface area contributed by atoms with Crippen LogP contribution in [0.2, 0.25) is 0 Å². The average Bonchev–Trinajstić information content (AvgIpc) is 2.11. The lowest BCUT2D eigenvalue weighted by molar-refractivity contribution is 0.452. The van der Waals surface area contributed by atoms with Gasteiger partial charge in [-0.3, -0.25) is 9.98 Å². The van der Waals surface area contributed by atoms with Gasteiger partial charge in [-0.2, -0.15) is 8.42 Å². The zero-order valence-corrected chi connectivity index (χ0v) is 5.59. The molecular formula is C2H6N4O3S. The highest BCUT2D eigenvalue weighted by Gasteiger charge is 2.26. The fraction of sp³-hybridized carbons (Fsp3) is 0.500. The Morgan fingerprint density at radius 3 is 2.50 bits per heavy atom. The molecule has 0 aliphatic carbocycles. The first-order valence-corrected chi connectivity index (χ1v) is 3.82. The van der Waals surface area contributed by atoms with Crippen molar-refractivity contribution in [3.63, 3.8) is 0 Å². The van der Waals surface area contributed by atoms with Crippen molar-refractivity contribution in [2.24, 2.45) is 10.8 Å². The molecule has 0 saturated heterocycles. The van der Waals surface area contributed by atoms with E-state index < -0.39 is 15.6 Å². The van der Waals surface area contributed by atoms with E-state index in [-0.39, 0.29) is 5.96 Å². The SMILES string of the molecule is NC1=NNC(S(=O)(=O)O)N1. The van der Waals surface area contributed by atoms with Crippen molar-refractivity contribution in [1.29, 1.82) is 0 Å². The highest BCUT2D eigenvalue weighted by atomic mass is 32.2. The first-order chi connectivity index (χ1) is 4.50. The monoisotopic (exact) mass is 166 g/mol. The van der Waals surface area contributed by atoms with Crippen molar-refractivity contribution >= 4 is 16.1 Å².